The van der Waals surface area contributed by atoms with Crippen molar-refractivity contribution in [1.82, 2.24) is 0 Å². The zero-order chi connectivity index (χ0) is 25.7. The average molecular weight is 490 g/mol. The Balaban J connectivity index is 1.40. The van der Waals surface area contributed by atoms with Gasteiger partial charge in [-0.1, -0.05) is 78.7 Å². The summed E-state index contributed by atoms with van der Waals surface area (Å²) in [4.78, 5) is 29.0. The number of aryl methyl sites for hydroxylation is 2. The van der Waals surface area contributed by atoms with E-state index in [0.717, 1.165) is 28.9 Å². The molecule has 0 radical (unpaired) electrons. The third-order valence-electron chi connectivity index (χ3n) is 7.95. The molecule has 4 atom stereocenters. The van der Waals surface area contributed by atoms with Crippen LogP contribution in [0.1, 0.15) is 35.6 Å². The van der Waals surface area contributed by atoms with E-state index in [2.05, 4.69) is 81.5 Å². The normalized spacial score (nSPS) is 23.6. The topological polar surface area (TPSA) is 46.6 Å². The molecule has 2 amide bonds. The molecule has 1 saturated carbocycles. The molecular weight excluding hydrogens is 458 g/mol. The average Bonchev–Trinajstić information content (AvgIpc) is 3.54. The monoisotopic (exact) mass is 489 g/mol. The van der Waals surface area contributed by atoms with Crippen molar-refractivity contribution in [1.29, 1.82) is 0 Å². The minimum absolute atomic E-state index is 0.0822. The van der Waals surface area contributed by atoms with Crippen LogP contribution in [0.25, 0.3) is 5.57 Å². The van der Waals surface area contributed by atoms with E-state index in [1.807, 2.05) is 24.3 Å². The molecule has 3 aromatic rings. The van der Waals surface area contributed by atoms with Gasteiger partial charge in [0.1, 0.15) is 5.75 Å². The highest BCUT2D eigenvalue weighted by Crippen LogP contribution is 2.58. The zero-order valence-corrected chi connectivity index (χ0v) is 21.5. The van der Waals surface area contributed by atoms with Crippen LogP contribution in [0.2, 0.25) is 0 Å². The number of ether oxygens (including phenoxy) is 1. The molecule has 2 bridgehead atoms. The number of amides is 2. The molecule has 3 aliphatic rings. The lowest BCUT2D eigenvalue weighted by molar-refractivity contribution is -0.122. The number of fused-ring (bicyclic) bond motifs is 5. The highest BCUT2D eigenvalue weighted by atomic mass is 16.5. The van der Waals surface area contributed by atoms with Crippen molar-refractivity contribution in [2.45, 2.75) is 27.2 Å². The molecule has 0 aromatic heterocycles. The van der Waals surface area contributed by atoms with E-state index in [0.29, 0.717) is 12.3 Å². The summed E-state index contributed by atoms with van der Waals surface area (Å²) < 4.78 is 5.68. The number of benzene rings is 3. The third-order valence-corrected chi connectivity index (χ3v) is 7.95. The van der Waals surface area contributed by atoms with Crippen LogP contribution in [-0.4, -0.2) is 18.4 Å². The van der Waals surface area contributed by atoms with Gasteiger partial charge < -0.3 is 4.74 Å². The summed E-state index contributed by atoms with van der Waals surface area (Å²) in [7, 11) is 0. The van der Waals surface area contributed by atoms with Crippen molar-refractivity contribution in [3.8, 4) is 5.75 Å². The van der Waals surface area contributed by atoms with E-state index in [9.17, 15) is 9.59 Å². The molecule has 1 aliphatic heterocycles. The molecule has 4 heteroatoms. The van der Waals surface area contributed by atoms with Crippen LogP contribution >= 0.6 is 0 Å². The fourth-order valence-electron chi connectivity index (χ4n) is 6.20. The van der Waals surface area contributed by atoms with Crippen molar-refractivity contribution in [2.24, 2.45) is 23.7 Å². The van der Waals surface area contributed by atoms with E-state index in [-0.39, 0.29) is 35.5 Å². The number of hydrogen-bond donors (Lipinski definition) is 0. The highest BCUT2D eigenvalue weighted by Gasteiger charge is 2.62. The molecule has 0 spiro atoms. The van der Waals surface area contributed by atoms with Gasteiger partial charge in [0.05, 0.1) is 24.1 Å². The van der Waals surface area contributed by atoms with Gasteiger partial charge in [0.15, 0.2) is 0 Å². The van der Waals surface area contributed by atoms with E-state index in [4.69, 9.17) is 4.74 Å². The summed E-state index contributed by atoms with van der Waals surface area (Å²) in [5.41, 5.74) is 7.63. The number of anilines is 1. The van der Waals surface area contributed by atoms with Crippen LogP contribution in [0.3, 0.4) is 0 Å². The Morgan fingerprint density at radius 1 is 0.730 bits per heavy atom. The van der Waals surface area contributed by atoms with E-state index in [1.54, 1.807) is 0 Å². The molecule has 0 unspecified atom stereocenters. The van der Waals surface area contributed by atoms with Crippen LogP contribution in [0, 0.1) is 37.5 Å². The molecule has 2 aliphatic carbocycles. The van der Waals surface area contributed by atoms with Crippen LogP contribution < -0.4 is 9.64 Å². The summed E-state index contributed by atoms with van der Waals surface area (Å²) in [5.74, 6) is -0.337. The molecule has 3 aromatic carbocycles. The first-order valence-electron chi connectivity index (χ1n) is 13.1. The Bertz CT molecular complexity index is 1330. The predicted octanol–water partition coefficient (Wildman–Crippen LogP) is 6.52. The number of nitrogens with zero attached hydrogens (tertiary/aromatic N) is 1. The SMILES string of the molecule is CCCOc1ccc(N2C(=O)[C@H]3[C@H](C2=O)[C@H]2C=C[C@H]3C2=C(c2ccc(C)cc2)c2ccc(C)cc2)cc1. The Kier molecular flexibility index (Phi) is 5.83. The van der Waals surface area contributed by atoms with Gasteiger partial charge in [-0.3, -0.25) is 9.59 Å². The standard InChI is InChI=1S/C33H31NO3/c1-4-19-37-25-15-13-24(14-16-25)34-32(35)30-26-17-18-27(31(30)33(34)36)29(26)28(22-9-5-20(2)6-10-22)23-11-7-21(3)8-12-23/h5-18,26-27,30-31H,4,19H2,1-3H3/t26-,27-,30+,31+/m0/s1. The maximum atomic E-state index is 13.8. The first-order chi connectivity index (χ1) is 18.0. The van der Waals surface area contributed by atoms with Crippen molar-refractivity contribution in [3.05, 3.63) is 113 Å². The smallest absolute Gasteiger partial charge is 0.238 e. The fourth-order valence-corrected chi connectivity index (χ4v) is 6.20. The number of imide groups is 1. The first-order valence-corrected chi connectivity index (χ1v) is 13.1. The summed E-state index contributed by atoms with van der Waals surface area (Å²) in [5, 5.41) is 0. The fraction of sp³-hybridized carbons (Fsp3) is 0.273. The Labute approximate surface area is 218 Å². The van der Waals surface area contributed by atoms with Gasteiger partial charge in [-0.25, -0.2) is 4.90 Å². The lowest BCUT2D eigenvalue weighted by Crippen LogP contribution is -2.33. The lowest BCUT2D eigenvalue weighted by atomic mass is 9.85. The van der Waals surface area contributed by atoms with Crippen LogP contribution in [0.15, 0.2) is 90.5 Å². The van der Waals surface area contributed by atoms with Gasteiger partial charge >= 0.3 is 0 Å². The number of carbonyl (C=O) groups is 2. The van der Waals surface area contributed by atoms with Gasteiger partial charge in [-0.15, -0.1) is 0 Å². The molecule has 186 valence electrons. The Morgan fingerprint density at radius 2 is 1.22 bits per heavy atom. The number of hydrogen-bond acceptors (Lipinski definition) is 3. The van der Waals surface area contributed by atoms with Crippen molar-refractivity contribution in [3.63, 3.8) is 0 Å². The summed E-state index contributed by atoms with van der Waals surface area (Å²) >= 11 is 0. The van der Waals surface area contributed by atoms with Gasteiger partial charge in [-0.2, -0.15) is 0 Å². The minimum atomic E-state index is -0.362. The Hall–Kier alpha value is -3.92. The quantitative estimate of drug-likeness (QED) is 0.293. The molecule has 4 nitrogen and oxygen atoms in total. The molecule has 1 saturated heterocycles. The second-order valence-corrected chi connectivity index (χ2v) is 10.4. The third kappa shape index (κ3) is 3.83. The highest BCUT2D eigenvalue weighted by molar-refractivity contribution is 6.23. The lowest BCUT2D eigenvalue weighted by Gasteiger charge is -2.22. The summed E-state index contributed by atoms with van der Waals surface area (Å²) in [6.45, 7) is 6.87. The van der Waals surface area contributed by atoms with Gasteiger partial charge in [0.25, 0.3) is 0 Å². The maximum Gasteiger partial charge on any atom is 0.238 e. The second kappa shape index (κ2) is 9.19. The molecule has 37 heavy (non-hydrogen) atoms. The summed E-state index contributed by atoms with van der Waals surface area (Å²) in [6, 6.07) is 24.4. The van der Waals surface area contributed by atoms with Crippen LogP contribution in [0.5, 0.6) is 5.75 Å². The van der Waals surface area contributed by atoms with Gasteiger partial charge in [0, 0.05) is 11.8 Å². The molecule has 1 heterocycles. The Morgan fingerprint density at radius 3 is 1.68 bits per heavy atom. The van der Waals surface area contributed by atoms with E-state index < -0.39 is 0 Å². The van der Waals surface area contributed by atoms with Gasteiger partial charge in [0.2, 0.25) is 11.8 Å². The van der Waals surface area contributed by atoms with Gasteiger partial charge in [-0.05, 0) is 66.8 Å². The largest absolute Gasteiger partial charge is 0.494 e. The van der Waals surface area contributed by atoms with Crippen molar-refractivity contribution >= 4 is 23.1 Å². The number of rotatable bonds is 6. The second-order valence-electron chi connectivity index (χ2n) is 10.4. The number of carbonyl (C=O) groups excluding carboxylic acids is 2. The van der Waals surface area contributed by atoms with E-state index in [1.165, 1.54) is 21.6 Å². The molecule has 0 N–H and O–H groups in total. The first kappa shape index (κ1) is 23.5. The maximum absolute atomic E-state index is 13.8. The summed E-state index contributed by atoms with van der Waals surface area (Å²) in [6.07, 6.45) is 5.23. The van der Waals surface area contributed by atoms with Crippen LogP contribution in [-0.2, 0) is 9.59 Å². The van der Waals surface area contributed by atoms with Crippen molar-refractivity contribution in [2.75, 3.05) is 11.5 Å². The van der Waals surface area contributed by atoms with Crippen molar-refractivity contribution < 1.29 is 14.3 Å². The van der Waals surface area contributed by atoms with Crippen LogP contribution in [0.4, 0.5) is 5.69 Å². The van der Waals surface area contributed by atoms with E-state index >= 15 is 0 Å². The molecule has 6 rings (SSSR count). The molecular formula is C33H31NO3. The zero-order valence-electron chi connectivity index (χ0n) is 21.5. The predicted molar refractivity (Wildman–Crippen MR) is 146 cm³/mol. The molecule has 2 fully saturated rings. The number of allylic oxidation sites excluding steroid dienone is 3. The minimum Gasteiger partial charge on any atom is -0.494 e.